The average Bonchev–Trinajstić information content (AvgIpc) is 2.57. The van der Waals surface area contributed by atoms with Crippen molar-refractivity contribution < 1.29 is 9.53 Å². The summed E-state index contributed by atoms with van der Waals surface area (Å²) in [5.74, 6) is 0.752. The maximum atomic E-state index is 12.3. The van der Waals surface area contributed by atoms with Crippen LogP contribution >= 0.6 is 0 Å². The topological polar surface area (TPSA) is 51.2 Å². The maximum Gasteiger partial charge on any atom is 0.228 e. The van der Waals surface area contributed by atoms with Gasteiger partial charge in [0.2, 0.25) is 5.91 Å². The molecule has 0 aliphatic heterocycles. The summed E-state index contributed by atoms with van der Waals surface area (Å²) in [7, 11) is 0. The number of nitrogens with zero attached hydrogens (tertiary/aromatic N) is 1. The third-order valence-electron chi connectivity index (χ3n) is 3.51. The van der Waals surface area contributed by atoms with Crippen molar-refractivity contribution in [3.05, 3.63) is 66.4 Å². The fraction of sp³-hybridized carbons (Fsp3) is 0.158. The highest BCUT2D eigenvalue weighted by molar-refractivity contribution is 6.00. The number of benzene rings is 2. The number of hydrogen-bond acceptors (Lipinski definition) is 3. The third kappa shape index (κ3) is 3.66. The van der Waals surface area contributed by atoms with Crippen LogP contribution in [0.3, 0.4) is 0 Å². The number of carbonyl (C=O) groups is 1. The fourth-order valence-electron chi connectivity index (χ4n) is 2.46. The van der Waals surface area contributed by atoms with Crippen molar-refractivity contribution in [2.45, 2.75) is 13.3 Å². The molecule has 3 aromatic rings. The van der Waals surface area contributed by atoms with Crippen molar-refractivity contribution in [1.29, 1.82) is 0 Å². The van der Waals surface area contributed by atoms with E-state index in [9.17, 15) is 4.79 Å². The first-order valence-electron chi connectivity index (χ1n) is 7.61. The summed E-state index contributed by atoms with van der Waals surface area (Å²) in [5, 5.41) is 3.95. The van der Waals surface area contributed by atoms with E-state index in [1.807, 2.05) is 61.5 Å². The Morgan fingerprint density at radius 3 is 2.65 bits per heavy atom. The molecule has 0 aliphatic carbocycles. The van der Waals surface area contributed by atoms with Gasteiger partial charge in [-0.3, -0.25) is 9.78 Å². The molecule has 0 unspecified atom stereocenters. The van der Waals surface area contributed by atoms with Gasteiger partial charge in [-0.1, -0.05) is 30.3 Å². The molecule has 1 aromatic heterocycles. The molecule has 0 aliphatic rings. The van der Waals surface area contributed by atoms with E-state index >= 15 is 0 Å². The molecule has 0 radical (unpaired) electrons. The van der Waals surface area contributed by atoms with Crippen LogP contribution in [0.5, 0.6) is 5.75 Å². The number of nitrogens with one attached hydrogen (secondary N) is 1. The molecule has 0 bridgehead atoms. The molecule has 0 saturated carbocycles. The number of amides is 1. The Bertz CT molecular complexity index is 808. The summed E-state index contributed by atoms with van der Waals surface area (Å²) in [6, 6.07) is 17.2. The van der Waals surface area contributed by atoms with E-state index in [4.69, 9.17) is 4.74 Å². The van der Waals surface area contributed by atoms with Crippen molar-refractivity contribution in [2.24, 2.45) is 0 Å². The quantitative estimate of drug-likeness (QED) is 0.779. The minimum absolute atomic E-state index is 0.0627. The Kier molecular flexibility index (Phi) is 4.52. The number of pyridine rings is 1. The molecule has 0 fully saturated rings. The summed E-state index contributed by atoms with van der Waals surface area (Å²) < 4.78 is 5.40. The van der Waals surface area contributed by atoms with Crippen LogP contribution in [0.15, 0.2) is 60.8 Å². The highest BCUT2D eigenvalue weighted by Crippen LogP contribution is 2.21. The molecule has 1 amide bonds. The number of fused-ring (bicyclic) bond motifs is 1. The first kappa shape index (κ1) is 15.0. The lowest BCUT2D eigenvalue weighted by Crippen LogP contribution is -2.14. The second-order valence-electron chi connectivity index (χ2n) is 5.18. The van der Waals surface area contributed by atoms with Crippen LogP contribution in [0.4, 0.5) is 5.69 Å². The average molecular weight is 306 g/mol. The normalized spacial score (nSPS) is 10.5. The molecular weight excluding hydrogens is 288 g/mol. The molecule has 3 rings (SSSR count). The Balaban J connectivity index is 1.71. The molecule has 0 spiro atoms. The Morgan fingerprint density at radius 2 is 1.87 bits per heavy atom. The van der Waals surface area contributed by atoms with E-state index in [0.29, 0.717) is 13.0 Å². The zero-order valence-electron chi connectivity index (χ0n) is 13.0. The molecule has 1 heterocycles. The number of para-hydroxylation sites is 1. The van der Waals surface area contributed by atoms with Gasteiger partial charge in [0.1, 0.15) is 5.75 Å². The predicted molar refractivity (Wildman–Crippen MR) is 91.7 cm³/mol. The van der Waals surface area contributed by atoms with Crippen LogP contribution in [0, 0.1) is 0 Å². The fourth-order valence-corrected chi connectivity index (χ4v) is 2.46. The minimum Gasteiger partial charge on any atom is -0.494 e. The number of anilines is 1. The standard InChI is InChI=1S/C19H18N2O2/c1-2-23-16-10-8-14(9-11-16)13-18(22)21-17-7-3-5-15-6-4-12-20-19(15)17/h3-12H,2,13H2,1H3,(H,21,22). The van der Waals surface area contributed by atoms with Crippen LogP contribution in [-0.4, -0.2) is 17.5 Å². The van der Waals surface area contributed by atoms with Crippen molar-refractivity contribution in [3.8, 4) is 5.75 Å². The summed E-state index contributed by atoms with van der Waals surface area (Å²) in [4.78, 5) is 16.6. The Hall–Kier alpha value is -2.88. The second-order valence-corrected chi connectivity index (χ2v) is 5.18. The van der Waals surface area contributed by atoms with E-state index < -0.39 is 0 Å². The molecule has 4 nitrogen and oxygen atoms in total. The minimum atomic E-state index is -0.0627. The molecule has 0 saturated heterocycles. The molecule has 4 heteroatoms. The maximum absolute atomic E-state index is 12.3. The molecular formula is C19H18N2O2. The van der Waals surface area contributed by atoms with Crippen molar-refractivity contribution >= 4 is 22.5 Å². The lowest BCUT2D eigenvalue weighted by molar-refractivity contribution is -0.115. The van der Waals surface area contributed by atoms with Gasteiger partial charge in [-0.15, -0.1) is 0 Å². The number of hydrogen-bond donors (Lipinski definition) is 1. The monoisotopic (exact) mass is 306 g/mol. The summed E-state index contributed by atoms with van der Waals surface area (Å²) in [5.41, 5.74) is 2.48. The van der Waals surface area contributed by atoms with Crippen LogP contribution < -0.4 is 10.1 Å². The van der Waals surface area contributed by atoms with E-state index in [1.165, 1.54) is 0 Å². The first-order valence-corrected chi connectivity index (χ1v) is 7.61. The molecule has 2 aromatic carbocycles. The molecule has 0 atom stereocenters. The van der Waals surface area contributed by atoms with Gasteiger partial charge in [-0.25, -0.2) is 0 Å². The second kappa shape index (κ2) is 6.92. The van der Waals surface area contributed by atoms with Gasteiger partial charge in [-0.05, 0) is 36.8 Å². The summed E-state index contributed by atoms with van der Waals surface area (Å²) in [6.07, 6.45) is 2.04. The largest absolute Gasteiger partial charge is 0.494 e. The van der Waals surface area contributed by atoms with Gasteiger partial charge >= 0.3 is 0 Å². The number of ether oxygens (including phenoxy) is 1. The van der Waals surface area contributed by atoms with Crippen LogP contribution in [0.2, 0.25) is 0 Å². The molecule has 116 valence electrons. The van der Waals surface area contributed by atoms with Crippen molar-refractivity contribution in [1.82, 2.24) is 4.98 Å². The lowest BCUT2D eigenvalue weighted by Gasteiger charge is -2.08. The van der Waals surface area contributed by atoms with Crippen molar-refractivity contribution in [3.63, 3.8) is 0 Å². The van der Waals surface area contributed by atoms with E-state index in [1.54, 1.807) is 6.20 Å². The number of aromatic nitrogens is 1. The van der Waals surface area contributed by atoms with Crippen LogP contribution in [-0.2, 0) is 11.2 Å². The number of rotatable bonds is 5. The van der Waals surface area contributed by atoms with Crippen LogP contribution in [0.25, 0.3) is 10.9 Å². The van der Waals surface area contributed by atoms with Gasteiger partial charge in [0.25, 0.3) is 0 Å². The highest BCUT2D eigenvalue weighted by atomic mass is 16.5. The molecule has 23 heavy (non-hydrogen) atoms. The van der Waals surface area contributed by atoms with Gasteiger partial charge in [0.05, 0.1) is 24.2 Å². The SMILES string of the molecule is CCOc1ccc(CC(=O)Nc2cccc3cccnc23)cc1. The zero-order valence-corrected chi connectivity index (χ0v) is 13.0. The van der Waals surface area contributed by atoms with Gasteiger partial charge < -0.3 is 10.1 Å². The van der Waals surface area contributed by atoms with Gasteiger partial charge in [0.15, 0.2) is 0 Å². The van der Waals surface area contributed by atoms with Crippen molar-refractivity contribution in [2.75, 3.05) is 11.9 Å². The highest BCUT2D eigenvalue weighted by Gasteiger charge is 2.07. The summed E-state index contributed by atoms with van der Waals surface area (Å²) in [6.45, 7) is 2.58. The smallest absolute Gasteiger partial charge is 0.228 e. The summed E-state index contributed by atoms with van der Waals surface area (Å²) >= 11 is 0. The zero-order chi connectivity index (χ0) is 16.1. The van der Waals surface area contributed by atoms with E-state index in [-0.39, 0.29) is 5.91 Å². The number of carbonyl (C=O) groups excluding carboxylic acids is 1. The van der Waals surface area contributed by atoms with Gasteiger partial charge in [0, 0.05) is 11.6 Å². The first-order chi connectivity index (χ1) is 11.3. The Morgan fingerprint density at radius 1 is 1.09 bits per heavy atom. The Labute approximate surface area is 135 Å². The van der Waals surface area contributed by atoms with E-state index in [2.05, 4.69) is 10.3 Å². The predicted octanol–water partition coefficient (Wildman–Crippen LogP) is 3.81. The molecule has 1 N–H and O–H groups in total. The van der Waals surface area contributed by atoms with Crippen LogP contribution in [0.1, 0.15) is 12.5 Å². The van der Waals surface area contributed by atoms with Gasteiger partial charge in [-0.2, -0.15) is 0 Å². The lowest BCUT2D eigenvalue weighted by atomic mass is 10.1. The van der Waals surface area contributed by atoms with E-state index in [0.717, 1.165) is 27.9 Å². The third-order valence-corrected chi connectivity index (χ3v) is 3.51.